The zero-order valence-corrected chi connectivity index (χ0v) is 9.05. The molecule has 0 saturated carbocycles. The molecule has 1 heterocycles. The molecule has 0 aliphatic heterocycles. The van der Waals surface area contributed by atoms with Gasteiger partial charge in [0.25, 0.3) is 0 Å². The summed E-state index contributed by atoms with van der Waals surface area (Å²) in [5.74, 6) is 1.41. The normalized spacial score (nSPS) is 15.2. The number of aryl methyl sites for hydroxylation is 2. The highest BCUT2D eigenvalue weighted by molar-refractivity contribution is 5.88. The summed E-state index contributed by atoms with van der Waals surface area (Å²) in [5, 5.41) is 9.28. The Labute approximate surface area is 83.7 Å². The van der Waals surface area contributed by atoms with Gasteiger partial charge in [0.1, 0.15) is 17.3 Å². The molecule has 1 unspecified atom stereocenters. The Hall–Kier alpha value is -1.09. The van der Waals surface area contributed by atoms with Crippen LogP contribution in [-0.4, -0.2) is 17.5 Å². The molecular weight excluding hydrogens is 180 g/mol. The molecule has 0 aromatic carbocycles. The highest BCUT2D eigenvalue weighted by Gasteiger charge is 2.34. The van der Waals surface area contributed by atoms with Crippen molar-refractivity contribution in [2.45, 2.75) is 33.1 Å². The second kappa shape index (κ2) is 3.58. The third-order valence-corrected chi connectivity index (χ3v) is 2.73. The minimum absolute atomic E-state index is 0.0519. The van der Waals surface area contributed by atoms with Crippen LogP contribution < -0.4 is 0 Å². The van der Waals surface area contributed by atoms with E-state index >= 15 is 0 Å². The lowest BCUT2D eigenvalue weighted by Crippen LogP contribution is -2.34. The fourth-order valence-corrected chi connectivity index (χ4v) is 1.56. The predicted molar refractivity (Wildman–Crippen MR) is 53.3 cm³/mol. The first-order valence-electron chi connectivity index (χ1n) is 4.61. The Morgan fingerprint density at radius 2 is 2.14 bits per heavy atom. The third-order valence-electron chi connectivity index (χ3n) is 2.73. The summed E-state index contributed by atoms with van der Waals surface area (Å²) in [6.07, 6.45) is 0. The molecule has 1 rings (SSSR count). The minimum atomic E-state index is -0.832. The number of rotatable bonds is 3. The van der Waals surface area contributed by atoms with Crippen molar-refractivity contribution in [3.05, 3.63) is 23.2 Å². The number of carbonyl (C=O) groups excluding carboxylic acids is 1. The largest absolute Gasteiger partial charge is 0.466 e. The van der Waals surface area contributed by atoms with E-state index in [4.69, 9.17) is 4.42 Å². The predicted octanol–water partition coefficient (Wildman–Crippen LogP) is 1.74. The van der Waals surface area contributed by atoms with Crippen molar-refractivity contribution in [3.8, 4) is 0 Å². The van der Waals surface area contributed by atoms with Crippen LogP contribution in [0.25, 0.3) is 0 Å². The van der Waals surface area contributed by atoms with E-state index in [-0.39, 0.29) is 12.4 Å². The lowest BCUT2D eigenvalue weighted by Gasteiger charge is -2.23. The van der Waals surface area contributed by atoms with Crippen molar-refractivity contribution < 1.29 is 14.3 Å². The molecule has 0 fully saturated rings. The van der Waals surface area contributed by atoms with E-state index in [2.05, 4.69) is 0 Å². The number of Topliss-reactive ketones (excluding diaryl/α,β-unsaturated/α-hetero) is 1. The maximum absolute atomic E-state index is 11.5. The van der Waals surface area contributed by atoms with E-state index in [1.54, 1.807) is 13.8 Å². The van der Waals surface area contributed by atoms with Gasteiger partial charge in [-0.25, -0.2) is 0 Å². The van der Waals surface area contributed by atoms with E-state index < -0.39 is 5.41 Å². The third kappa shape index (κ3) is 1.60. The number of aliphatic hydroxyl groups is 1. The van der Waals surface area contributed by atoms with Crippen molar-refractivity contribution >= 4 is 5.78 Å². The maximum atomic E-state index is 11.5. The first kappa shape index (κ1) is 11.0. The Kier molecular flexibility index (Phi) is 2.81. The van der Waals surface area contributed by atoms with Crippen molar-refractivity contribution in [2.75, 3.05) is 6.61 Å². The number of hydrogen-bond donors (Lipinski definition) is 1. The zero-order chi connectivity index (χ0) is 10.9. The fourth-order valence-electron chi connectivity index (χ4n) is 1.56. The lowest BCUT2D eigenvalue weighted by molar-refractivity contribution is -0.123. The van der Waals surface area contributed by atoms with E-state index in [9.17, 15) is 9.90 Å². The first-order valence-corrected chi connectivity index (χ1v) is 4.61. The average Bonchev–Trinajstić information content (AvgIpc) is 2.44. The van der Waals surface area contributed by atoms with Crippen molar-refractivity contribution in [3.63, 3.8) is 0 Å². The monoisotopic (exact) mass is 196 g/mol. The zero-order valence-electron chi connectivity index (χ0n) is 9.05. The van der Waals surface area contributed by atoms with E-state index in [1.165, 1.54) is 6.92 Å². The first-order chi connectivity index (χ1) is 6.41. The standard InChI is InChI=1S/C11H16O3/c1-7-5-10(8(2)14-7)11(4,6-12)9(3)13/h5,12H,6H2,1-4H3. The molecule has 1 aromatic heterocycles. The molecule has 0 amide bonds. The van der Waals surface area contributed by atoms with Gasteiger partial charge in [-0.2, -0.15) is 0 Å². The molecule has 78 valence electrons. The molecule has 0 bridgehead atoms. The summed E-state index contributed by atoms with van der Waals surface area (Å²) in [6.45, 7) is 6.65. The van der Waals surface area contributed by atoms with Crippen LogP contribution >= 0.6 is 0 Å². The molecule has 3 nitrogen and oxygen atoms in total. The van der Waals surface area contributed by atoms with Gasteiger partial charge in [0.15, 0.2) is 0 Å². The quantitative estimate of drug-likeness (QED) is 0.801. The summed E-state index contributed by atoms with van der Waals surface area (Å²) >= 11 is 0. The van der Waals surface area contributed by atoms with Gasteiger partial charge in [0.2, 0.25) is 0 Å². The van der Waals surface area contributed by atoms with Crippen LogP contribution in [0.4, 0.5) is 0 Å². The maximum Gasteiger partial charge on any atom is 0.142 e. The topological polar surface area (TPSA) is 50.4 Å². The van der Waals surface area contributed by atoms with E-state index in [1.807, 2.05) is 13.0 Å². The van der Waals surface area contributed by atoms with Gasteiger partial charge >= 0.3 is 0 Å². The van der Waals surface area contributed by atoms with Gasteiger partial charge in [-0.15, -0.1) is 0 Å². The van der Waals surface area contributed by atoms with E-state index in [0.29, 0.717) is 5.76 Å². The second-order valence-corrected chi connectivity index (χ2v) is 3.87. The van der Waals surface area contributed by atoms with Gasteiger partial charge in [-0.05, 0) is 33.8 Å². The number of furan rings is 1. The van der Waals surface area contributed by atoms with Gasteiger partial charge < -0.3 is 9.52 Å². The molecule has 3 heteroatoms. The number of aliphatic hydroxyl groups excluding tert-OH is 1. The van der Waals surface area contributed by atoms with E-state index in [0.717, 1.165) is 11.3 Å². The Bertz CT molecular complexity index is 351. The number of hydrogen-bond acceptors (Lipinski definition) is 3. The number of carbonyl (C=O) groups is 1. The smallest absolute Gasteiger partial charge is 0.142 e. The van der Waals surface area contributed by atoms with Crippen LogP contribution in [-0.2, 0) is 10.2 Å². The van der Waals surface area contributed by atoms with Gasteiger partial charge in [-0.3, -0.25) is 4.79 Å². The van der Waals surface area contributed by atoms with Crippen molar-refractivity contribution in [1.29, 1.82) is 0 Å². The minimum Gasteiger partial charge on any atom is -0.466 e. The summed E-state index contributed by atoms with van der Waals surface area (Å²) in [6, 6.07) is 1.81. The van der Waals surface area contributed by atoms with Gasteiger partial charge in [0, 0.05) is 5.56 Å². The van der Waals surface area contributed by atoms with Crippen LogP contribution in [0.5, 0.6) is 0 Å². The number of ketones is 1. The Balaban J connectivity index is 3.25. The molecular formula is C11H16O3. The van der Waals surface area contributed by atoms with Crippen molar-refractivity contribution in [2.24, 2.45) is 0 Å². The Morgan fingerprint density at radius 3 is 2.43 bits per heavy atom. The molecule has 1 atom stereocenters. The molecule has 14 heavy (non-hydrogen) atoms. The molecule has 0 aliphatic rings. The second-order valence-electron chi connectivity index (χ2n) is 3.87. The fraction of sp³-hybridized carbons (Fsp3) is 0.545. The summed E-state index contributed by atoms with van der Waals surface area (Å²) in [7, 11) is 0. The average molecular weight is 196 g/mol. The SMILES string of the molecule is CC(=O)C(C)(CO)c1cc(C)oc1C. The molecule has 0 saturated heterocycles. The highest BCUT2D eigenvalue weighted by Crippen LogP contribution is 2.29. The molecule has 0 aliphatic carbocycles. The molecule has 1 aromatic rings. The van der Waals surface area contributed by atoms with Crippen LogP contribution in [0.1, 0.15) is 30.9 Å². The molecule has 0 radical (unpaired) electrons. The highest BCUT2D eigenvalue weighted by atomic mass is 16.3. The summed E-state index contributed by atoms with van der Waals surface area (Å²) < 4.78 is 5.35. The van der Waals surface area contributed by atoms with Crippen LogP contribution in [0.3, 0.4) is 0 Å². The summed E-state index contributed by atoms with van der Waals surface area (Å²) in [5.41, 5.74) is -0.0491. The van der Waals surface area contributed by atoms with Crippen molar-refractivity contribution in [1.82, 2.24) is 0 Å². The Morgan fingerprint density at radius 1 is 1.57 bits per heavy atom. The molecule has 1 N–H and O–H groups in total. The van der Waals surface area contributed by atoms with Crippen LogP contribution in [0, 0.1) is 13.8 Å². The lowest BCUT2D eigenvalue weighted by atomic mass is 9.80. The van der Waals surface area contributed by atoms with Crippen LogP contribution in [0.2, 0.25) is 0 Å². The molecule has 0 spiro atoms. The van der Waals surface area contributed by atoms with Crippen LogP contribution in [0.15, 0.2) is 10.5 Å². The van der Waals surface area contributed by atoms with Gasteiger partial charge in [-0.1, -0.05) is 0 Å². The summed E-state index contributed by atoms with van der Waals surface area (Å²) in [4.78, 5) is 11.5. The van der Waals surface area contributed by atoms with Gasteiger partial charge in [0.05, 0.1) is 12.0 Å².